The van der Waals surface area contributed by atoms with Crippen molar-refractivity contribution in [1.29, 1.82) is 0 Å². The van der Waals surface area contributed by atoms with Gasteiger partial charge in [-0.1, -0.05) is 19.1 Å². The molecule has 0 radical (unpaired) electrons. The summed E-state index contributed by atoms with van der Waals surface area (Å²) in [6.45, 7) is 4.66. The van der Waals surface area contributed by atoms with Crippen molar-refractivity contribution >= 4 is 11.3 Å². The number of hydrogen-bond acceptors (Lipinski definition) is 2. The van der Waals surface area contributed by atoms with Crippen LogP contribution in [0, 0.1) is 0 Å². The standard InChI is InChI=1S/C16H18F3NS/c1-3-12-7-8-21-15(12)10-20-11(2)13-5-4-6-14(9-13)16(17,18)19/h4-9,11,20H,3,10H2,1-2H3. The predicted octanol–water partition coefficient (Wildman–Crippen LogP) is 5.18. The van der Waals surface area contributed by atoms with Gasteiger partial charge in [-0.05, 0) is 48.1 Å². The van der Waals surface area contributed by atoms with E-state index in [0.29, 0.717) is 12.1 Å². The number of alkyl halides is 3. The smallest absolute Gasteiger partial charge is 0.305 e. The van der Waals surface area contributed by atoms with Crippen molar-refractivity contribution in [3.05, 3.63) is 57.3 Å². The predicted molar refractivity (Wildman–Crippen MR) is 80.4 cm³/mol. The van der Waals surface area contributed by atoms with E-state index in [4.69, 9.17) is 0 Å². The number of thiophene rings is 1. The Bertz CT molecular complexity index is 589. The van der Waals surface area contributed by atoms with Crippen LogP contribution in [0.2, 0.25) is 0 Å². The van der Waals surface area contributed by atoms with Crippen LogP contribution in [0.1, 0.15) is 41.5 Å². The zero-order valence-electron chi connectivity index (χ0n) is 12.0. The molecular weight excluding hydrogens is 295 g/mol. The van der Waals surface area contributed by atoms with Gasteiger partial charge in [-0.3, -0.25) is 0 Å². The summed E-state index contributed by atoms with van der Waals surface area (Å²) in [6, 6.07) is 7.47. The molecule has 21 heavy (non-hydrogen) atoms. The van der Waals surface area contributed by atoms with Crippen LogP contribution in [0.4, 0.5) is 13.2 Å². The van der Waals surface area contributed by atoms with Gasteiger partial charge in [0.1, 0.15) is 0 Å². The fraction of sp³-hybridized carbons (Fsp3) is 0.375. The summed E-state index contributed by atoms with van der Waals surface area (Å²) in [7, 11) is 0. The number of hydrogen-bond donors (Lipinski definition) is 1. The molecule has 1 nitrogen and oxygen atoms in total. The van der Waals surface area contributed by atoms with Gasteiger partial charge < -0.3 is 5.32 Å². The quantitative estimate of drug-likeness (QED) is 0.802. The van der Waals surface area contributed by atoms with E-state index in [1.165, 1.54) is 22.6 Å². The largest absolute Gasteiger partial charge is 0.416 e. The zero-order valence-corrected chi connectivity index (χ0v) is 12.8. The van der Waals surface area contributed by atoms with Crippen LogP contribution in [0.5, 0.6) is 0 Å². The Kier molecular flexibility index (Phi) is 5.06. The number of benzene rings is 1. The lowest BCUT2D eigenvalue weighted by Crippen LogP contribution is -2.18. The zero-order chi connectivity index (χ0) is 15.5. The van der Waals surface area contributed by atoms with Gasteiger partial charge in [0.25, 0.3) is 0 Å². The van der Waals surface area contributed by atoms with Gasteiger partial charge in [0.15, 0.2) is 0 Å². The monoisotopic (exact) mass is 313 g/mol. The highest BCUT2D eigenvalue weighted by Crippen LogP contribution is 2.30. The number of rotatable bonds is 5. The van der Waals surface area contributed by atoms with E-state index in [0.717, 1.165) is 12.5 Å². The summed E-state index contributed by atoms with van der Waals surface area (Å²) < 4.78 is 38.2. The molecule has 0 amide bonds. The van der Waals surface area contributed by atoms with Crippen LogP contribution in [0.25, 0.3) is 0 Å². The van der Waals surface area contributed by atoms with Gasteiger partial charge in [-0.2, -0.15) is 13.2 Å². The normalized spacial score (nSPS) is 13.4. The summed E-state index contributed by atoms with van der Waals surface area (Å²) >= 11 is 1.68. The van der Waals surface area contributed by atoms with E-state index in [9.17, 15) is 13.2 Å². The molecule has 1 atom stereocenters. The summed E-state index contributed by atoms with van der Waals surface area (Å²) in [6.07, 6.45) is -3.32. The highest BCUT2D eigenvalue weighted by molar-refractivity contribution is 7.10. The number of nitrogens with one attached hydrogen (secondary N) is 1. The lowest BCUT2D eigenvalue weighted by atomic mass is 10.0. The Hall–Kier alpha value is -1.33. The molecule has 1 aromatic heterocycles. The fourth-order valence-electron chi connectivity index (χ4n) is 2.19. The summed E-state index contributed by atoms with van der Waals surface area (Å²) in [5.74, 6) is 0. The molecule has 114 valence electrons. The molecule has 2 rings (SSSR count). The fourth-order valence-corrected chi connectivity index (χ4v) is 3.11. The third-order valence-electron chi connectivity index (χ3n) is 3.50. The van der Waals surface area contributed by atoms with E-state index in [1.807, 2.05) is 12.3 Å². The summed E-state index contributed by atoms with van der Waals surface area (Å²) in [4.78, 5) is 1.25. The van der Waals surface area contributed by atoms with E-state index < -0.39 is 11.7 Å². The molecular formula is C16H18F3NS. The molecule has 0 saturated carbocycles. The van der Waals surface area contributed by atoms with E-state index >= 15 is 0 Å². The highest BCUT2D eigenvalue weighted by Gasteiger charge is 2.30. The molecule has 5 heteroatoms. The minimum absolute atomic E-state index is 0.126. The minimum atomic E-state index is -4.29. The Balaban J connectivity index is 2.05. The van der Waals surface area contributed by atoms with Gasteiger partial charge in [-0.15, -0.1) is 11.3 Å². The van der Waals surface area contributed by atoms with Gasteiger partial charge in [-0.25, -0.2) is 0 Å². The molecule has 0 fully saturated rings. The summed E-state index contributed by atoms with van der Waals surface area (Å²) in [5.41, 5.74) is 1.35. The average Bonchev–Trinajstić information content (AvgIpc) is 2.91. The second-order valence-corrected chi connectivity index (χ2v) is 5.95. The third-order valence-corrected chi connectivity index (χ3v) is 4.46. The molecule has 2 aromatic rings. The van der Waals surface area contributed by atoms with Crippen molar-refractivity contribution < 1.29 is 13.2 Å². The first-order valence-corrected chi connectivity index (χ1v) is 7.75. The number of aryl methyl sites for hydroxylation is 1. The number of halogens is 3. The Morgan fingerprint density at radius 3 is 2.67 bits per heavy atom. The van der Waals surface area contributed by atoms with Crippen LogP contribution in [0.15, 0.2) is 35.7 Å². The second-order valence-electron chi connectivity index (χ2n) is 4.95. The molecule has 1 unspecified atom stereocenters. The highest BCUT2D eigenvalue weighted by atomic mass is 32.1. The third kappa shape index (κ3) is 4.08. The Morgan fingerprint density at radius 2 is 2.00 bits per heavy atom. The molecule has 0 aliphatic heterocycles. The Labute approximate surface area is 126 Å². The molecule has 0 spiro atoms. The van der Waals surface area contributed by atoms with Crippen molar-refractivity contribution in [1.82, 2.24) is 5.32 Å². The van der Waals surface area contributed by atoms with Crippen molar-refractivity contribution in [2.24, 2.45) is 0 Å². The maximum atomic E-state index is 12.7. The van der Waals surface area contributed by atoms with E-state index in [1.54, 1.807) is 17.4 Å². The van der Waals surface area contributed by atoms with Crippen molar-refractivity contribution in [3.63, 3.8) is 0 Å². The van der Waals surface area contributed by atoms with Crippen LogP contribution in [-0.2, 0) is 19.1 Å². The van der Waals surface area contributed by atoms with E-state index in [-0.39, 0.29) is 6.04 Å². The molecule has 1 aromatic carbocycles. The van der Waals surface area contributed by atoms with Crippen LogP contribution < -0.4 is 5.32 Å². The lowest BCUT2D eigenvalue weighted by Gasteiger charge is -2.16. The maximum absolute atomic E-state index is 12.7. The van der Waals surface area contributed by atoms with Crippen LogP contribution in [-0.4, -0.2) is 0 Å². The average molecular weight is 313 g/mol. The van der Waals surface area contributed by atoms with Crippen LogP contribution in [0.3, 0.4) is 0 Å². The van der Waals surface area contributed by atoms with Gasteiger partial charge >= 0.3 is 6.18 Å². The molecule has 1 heterocycles. The first-order chi connectivity index (χ1) is 9.91. The van der Waals surface area contributed by atoms with Crippen LogP contribution >= 0.6 is 11.3 Å². The van der Waals surface area contributed by atoms with Crippen molar-refractivity contribution in [2.75, 3.05) is 0 Å². The summed E-state index contributed by atoms with van der Waals surface area (Å²) in [5, 5.41) is 5.34. The van der Waals surface area contributed by atoms with Gasteiger partial charge in [0.2, 0.25) is 0 Å². The maximum Gasteiger partial charge on any atom is 0.416 e. The molecule has 1 N–H and O–H groups in total. The molecule has 0 aliphatic carbocycles. The first kappa shape index (κ1) is 16.0. The SMILES string of the molecule is CCc1ccsc1CNC(C)c1cccc(C(F)(F)F)c1. The Morgan fingerprint density at radius 1 is 1.24 bits per heavy atom. The van der Waals surface area contributed by atoms with Gasteiger partial charge in [0.05, 0.1) is 5.56 Å². The first-order valence-electron chi connectivity index (χ1n) is 6.87. The molecule has 0 aliphatic rings. The van der Waals surface area contributed by atoms with Crippen molar-refractivity contribution in [2.45, 2.75) is 39.0 Å². The van der Waals surface area contributed by atoms with E-state index in [2.05, 4.69) is 18.3 Å². The topological polar surface area (TPSA) is 12.0 Å². The van der Waals surface area contributed by atoms with Gasteiger partial charge in [0, 0.05) is 17.5 Å². The lowest BCUT2D eigenvalue weighted by molar-refractivity contribution is -0.137. The second kappa shape index (κ2) is 6.62. The van der Waals surface area contributed by atoms with Crippen molar-refractivity contribution in [3.8, 4) is 0 Å². The minimum Gasteiger partial charge on any atom is -0.305 e. The molecule has 0 saturated heterocycles. The molecule has 0 bridgehead atoms.